The highest BCUT2D eigenvalue weighted by molar-refractivity contribution is 5.48. The minimum atomic E-state index is 0.516. The number of anilines is 1. The minimum absolute atomic E-state index is 0.516. The summed E-state index contributed by atoms with van der Waals surface area (Å²) < 4.78 is 10.9. The first-order valence-electron chi connectivity index (χ1n) is 7.04. The van der Waals surface area contributed by atoms with Gasteiger partial charge in [-0.1, -0.05) is 13.8 Å². The third-order valence-corrected chi connectivity index (χ3v) is 2.68. The van der Waals surface area contributed by atoms with E-state index in [1.807, 2.05) is 20.8 Å². The smallest absolute Gasteiger partial charge is 0.221 e. The van der Waals surface area contributed by atoms with E-state index in [9.17, 15) is 0 Å². The number of ether oxygens (including phenoxy) is 2. The molecular formula is C14H25N3O2. The molecule has 0 fully saturated rings. The van der Waals surface area contributed by atoms with Gasteiger partial charge in [0.2, 0.25) is 5.88 Å². The highest BCUT2D eigenvalue weighted by atomic mass is 16.5. The number of nitrogens with zero attached hydrogens (tertiary/aromatic N) is 2. The lowest BCUT2D eigenvalue weighted by atomic mass is 10.3. The van der Waals surface area contributed by atoms with E-state index in [1.165, 1.54) is 0 Å². The highest BCUT2D eigenvalue weighted by Crippen LogP contribution is 2.22. The normalized spacial score (nSPS) is 10.5. The van der Waals surface area contributed by atoms with Crippen LogP contribution >= 0.6 is 0 Å². The fourth-order valence-corrected chi connectivity index (χ4v) is 1.60. The molecule has 0 aliphatic heterocycles. The molecule has 0 aliphatic rings. The summed E-state index contributed by atoms with van der Waals surface area (Å²) in [6.07, 6.45) is 1.86. The average molecular weight is 267 g/mol. The molecule has 1 aromatic heterocycles. The molecule has 0 spiro atoms. The summed E-state index contributed by atoms with van der Waals surface area (Å²) in [5.74, 6) is 2.33. The monoisotopic (exact) mass is 267 g/mol. The zero-order valence-electron chi connectivity index (χ0n) is 12.5. The number of rotatable bonds is 9. The maximum absolute atomic E-state index is 5.69. The van der Waals surface area contributed by atoms with E-state index in [0.717, 1.165) is 36.6 Å². The molecule has 0 unspecified atom stereocenters. The molecule has 0 aliphatic carbocycles. The quantitative estimate of drug-likeness (QED) is 0.697. The molecule has 0 saturated carbocycles. The van der Waals surface area contributed by atoms with Crippen LogP contribution in [-0.2, 0) is 11.2 Å². The molecule has 0 amide bonds. The van der Waals surface area contributed by atoms with Crippen molar-refractivity contribution < 1.29 is 9.47 Å². The molecule has 19 heavy (non-hydrogen) atoms. The fourth-order valence-electron chi connectivity index (χ4n) is 1.60. The first-order chi connectivity index (χ1) is 9.22. The second-order valence-electron chi connectivity index (χ2n) is 4.24. The Morgan fingerprint density at radius 1 is 1.11 bits per heavy atom. The molecule has 1 rings (SSSR count). The van der Waals surface area contributed by atoms with Gasteiger partial charge in [0.1, 0.15) is 18.2 Å². The minimum Gasteiger partial charge on any atom is -0.475 e. The van der Waals surface area contributed by atoms with E-state index in [4.69, 9.17) is 9.47 Å². The Bertz CT molecular complexity index is 383. The van der Waals surface area contributed by atoms with Gasteiger partial charge in [0.15, 0.2) is 0 Å². The molecule has 0 saturated heterocycles. The molecule has 5 nitrogen and oxygen atoms in total. The van der Waals surface area contributed by atoms with Crippen LogP contribution in [0, 0.1) is 6.92 Å². The molecule has 0 bridgehead atoms. The van der Waals surface area contributed by atoms with Crippen molar-refractivity contribution in [2.75, 3.05) is 31.7 Å². The summed E-state index contributed by atoms with van der Waals surface area (Å²) in [5, 5.41) is 3.32. The SMILES string of the molecule is CCCNc1nc(CC)nc(OCCOCC)c1C. The summed E-state index contributed by atoms with van der Waals surface area (Å²) in [4.78, 5) is 8.93. The first kappa shape index (κ1) is 15.7. The number of hydrogen-bond acceptors (Lipinski definition) is 5. The van der Waals surface area contributed by atoms with E-state index in [2.05, 4.69) is 22.2 Å². The number of nitrogens with one attached hydrogen (secondary N) is 1. The van der Waals surface area contributed by atoms with Crippen LogP contribution in [0.1, 0.15) is 38.6 Å². The lowest BCUT2D eigenvalue weighted by molar-refractivity contribution is 0.108. The van der Waals surface area contributed by atoms with Gasteiger partial charge in [-0.15, -0.1) is 0 Å². The van der Waals surface area contributed by atoms with Crippen LogP contribution < -0.4 is 10.1 Å². The van der Waals surface area contributed by atoms with Gasteiger partial charge in [-0.05, 0) is 20.3 Å². The van der Waals surface area contributed by atoms with E-state index < -0.39 is 0 Å². The van der Waals surface area contributed by atoms with E-state index in [1.54, 1.807) is 0 Å². The van der Waals surface area contributed by atoms with E-state index >= 15 is 0 Å². The average Bonchev–Trinajstić information content (AvgIpc) is 2.43. The number of aryl methyl sites for hydroxylation is 1. The number of hydrogen-bond donors (Lipinski definition) is 1. The predicted molar refractivity (Wildman–Crippen MR) is 76.9 cm³/mol. The van der Waals surface area contributed by atoms with Crippen LogP contribution in [0.2, 0.25) is 0 Å². The molecule has 1 aromatic rings. The summed E-state index contributed by atoms with van der Waals surface area (Å²) in [5.41, 5.74) is 0.960. The first-order valence-corrected chi connectivity index (χ1v) is 7.04. The Hall–Kier alpha value is -1.36. The van der Waals surface area contributed by atoms with Crippen LogP contribution in [0.3, 0.4) is 0 Å². The zero-order valence-corrected chi connectivity index (χ0v) is 12.5. The van der Waals surface area contributed by atoms with E-state index in [0.29, 0.717) is 25.7 Å². The summed E-state index contributed by atoms with van der Waals surface area (Å²) >= 11 is 0. The van der Waals surface area contributed by atoms with Gasteiger partial charge >= 0.3 is 0 Å². The number of aromatic nitrogens is 2. The largest absolute Gasteiger partial charge is 0.475 e. The van der Waals surface area contributed by atoms with Crippen molar-refractivity contribution in [1.82, 2.24) is 9.97 Å². The second-order valence-corrected chi connectivity index (χ2v) is 4.24. The molecule has 0 atom stereocenters. The molecule has 1 N–H and O–H groups in total. The van der Waals surface area contributed by atoms with Crippen LogP contribution in [0.25, 0.3) is 0 Å². The Labute approximate surface area is 115 Å². The summed E-state index contributed by atoms with van der Waals surface area (Å²) in [6.45, 7) is 10.8. The van der Waals surface area contributed by atoms with Crippen LogP contribution in [0.4, 0.5) is 5.82 Å². The van der Waals surface area contributed by atoms with Gasteiger partial charge in [0.25, 0.3) is 0 Å². The van der Waals surface area contributed by atoms with Gasteiger partial charge in [-0.2, -0.15) is 4.98 Å². The fraction of sp³-hybridized carbons (Fsp3) is 0.714. The highest BCUT2D eigenvalue weighted by Gasteiger charge is 2.11. The maximum Gasteiger partial charge on any atom is 0.221 e. The Morgan fingerprint density at radius 2 is 1.89 bits per heavy atom. The topological polar surface area (TPSA) is 56.3 Å². The standard InChI is InChI=1S/C14H25N3O2/c1-5-8-15-13-11(4)14(17-12(6-2)16-13)19-10-9-18-7-3/h5-10H2,1-4H3,(H,15,16,17). The molecule has 1 heterocycles. The van der Waals surface area contributed by atoms with Gasteiger partial charge in [-0.25, -0.2) is 4.98 Å². The van der Waals surface area contributed by atoms with Gasteiger partial charge in [0.05, 0.1) is 12.2 Å². The molecule has 0 radical (unpaired) electrons. The van der Waals surface area contributed by atoms with Crippen molar-refractivity contribution in [3.63, 3.8) is 0 Å². The zero-order chi connectivity index (χ0) is 14.1. The van der Waals surface area contributed by atoms with Crippen LogP contribution in [-0.4, -0.2) is 36.3 Å². The lowest BCUT2D eigenvalue weighted by Crippen LogP contribution is -2.12. The van der Waals surface area contributed by atoms with Crippen molar-refractivity contribution in [3.05, 3.63) is 11.4 Å². The van der Waals surface area contributed by atoms with Gasteiger partial charge in [-0.3, -0.25) is 0 Å². The second kappa shape index (κ2) is 8.69. The van der Waals surface area contributed by atoms with Crippen molar-refractivity contribution in [2.45, 2.75) is 40.5 Å². The summed E-state index contributed by atoms with van der Waals surface area (Å²) in [7, 11) is 0. The third kappa shape index (κ3) is 5.03. The Balaban J connectivity index is 2.76. The predicted octanol–water partition coefficient (Wildman–Crippen LogP) is 2.58. The molecule has 108 valence electrons. The molecule has 5 heteroatoms. The van der Waals surface area contributed by atoms with Crippen LogP contribution in [0.5, 0.6) is 5.88 Å². The molecular weight excluding hydrogens is 242 g/mol. The van der Waals surface area contributed by atoms with Crippen molar-refractivity contribution >= 4 is 5.82 Å². The molecule has 0 aromatic carbocycles. The van der Waals surface area contributed by atoms with Gasteiger partial charge < -0.3 is 14.8 Å². The lowest BCUT2D eigenvalue weighted by Gasteiger charge is -2.14. The van der Waals surface area contributed by atoms with Crippen molar-refractivity contribution in [2.24, 2.45) is 0 Å². The van der Waals surface area contributed by atoms with E-state index in [-0.39, 0.29) is 0 Å². The third-order valence-electron chi connectivity index (χ3n) is 2.68. The van der Waals surface area contributed by atoms with Crippen LogP contribution in [0.15, 0.2) is 0 Å². The Kier molecular flexibility index (Phi) is 7.18. The van der Waals surface area contributed by atoms with Crippen molar-refractivity contribution in [1.29, 1.82) is 0 Å². The van der Waals surface area contributed by atoms with Crippen molar-refractivity contribution in [3.8, 4) is 5.88 Å². The van der Waals surface area contributed by atoms with Gasteiger partial charge in [0, 0.05) is 19.6 Å². The summed E-state index contributed by atoms with van der Waals surface area (Å²) in [6, 6.07) is 0. The maximum atomic E-state index is 5.69. The Morgan fingerprint density at radius 3 is 2.53 bits per heavy atom.